The number of nitrogens with two attached hydrogens (primary N) is 2. The van der Waals surface area contributed by atoms with Gasteiger partial charge in [0.25, 0.3) is 10.1 Å². The molecule has 0 saturated heterocycles. The predicted molar refractivity (Wildman–Crippen MR) is 48.1 cm³/mol. The summed E-state index contributed by atoms with van der Waals surface area (Å²) in [5.41, 5.74) is 9.27. The second-order valence-electron chi connectivity index (χ2n) is 1.72. The van der Waals surface area contributed by atoms with Crippen molar-refractivity contribution in [2.75, 3.05) is 12.9 Å². The van der Waals surface area contributed by atoms with E-state index in [0.717, 1.165) is 6.26 Å². The molecule has 0 aliphatic heterocycles. The molecule has 0 aromatic heterocycles. The Morgan fingerprint density at radius 2 is 1.92 bits per heavy atom. The molecule has 0 fully saturated rings. The minimum absolute atomic E-state index is 0.221. The zero-order valence-corrected chi connectivity index (χ0v) is 8.11. The fourth-order valence-electron chi connectivity index (χ4n) is 0.261. The largest absolute Gasteiger partial charge is 0.368 e. The highest BCUT2D eigenvalue weighted by Gasteiger charge is 1.94. The molecule has 0 atom stereocenters. The quantitative estimate of drug-likeness (QED) is 0.201. The van der Waals surface area contributed by atoms with Crippen molar-refractivity contribution in [2.24, 2.45) is 21.9 Å². The second-order valence-corrected chi connectivity index (χ2v) is 3.36. The van der Waals surface area contributed by atoms with Crippen LogP contribution in [0.15, 0.2) is 10.4 Å². The zero-order valence-electron chi connectivity index (χ0n) is 7.30. The van der Waals surface area contributed by atoms with Crippen molar-refractivity contribution in [3.63, 3.8) is 0 Å². The van der Waals surface area contributed by atoms with Gasteiger partial charge in [0.1, 0.15) is 0 Å². The van der Waals surface area contributed by atoms with Crippen molar-refractivity contribution in [1.29, 1.82) is 0 Å². The van der Waals surface area contributed by atoms with Crippen LogP contribution in [0.5, 0.6) is 0 Å². The summed E-state index contributed by atoms with van der Waals surface area (Å²) in [5.74, 6) is -0.315. The number of hydrogen-bond donors (Lipinski definition) is 2. The molecule has 0 aromatic rings. The highest BCUT2D eigenvalue weighted by Crippen LogP contribution is 1.81. The molecule has 0 heterocycles. The van der Waals surface area contributed by atoms with Crippen LogP contribution in [0.1, 0.15) is 6.92 Å². The van der Waals surface area contributed by atoms with Crippen LogP contribution in [-0.4, -0.2) is 27.2 Å². The lowest BCUT2D eigenvalue weighted by Gasteiger charge is -1.90. The third kappa shape index (κ3) is 24.9. The number of guanidine groups is 1. The Labute approximate surface area is 76.0 Å². The molecule has 0 bridgehead atoms. The van der Waals surface area contributed by atoms with Crippen LogP contribution in [0.25, 0.3) is 0 Å². The molecule has 4 N–H and O–H groups in total. The minimum atomic E-state index is -3.17. The molecule has 0 aliphatic rings. The Morgan fingerprint density at radius 1 is 1.46 bits per heavy atom. The summed E-state index contributed by atoms with van der Waals surface area (Å²) in [6.07, 6.45) is 1.02. The topological polar surface area (TPSA) is 137 Å². The van der Waals surface area contributed by atoms with Crippen LogP contribution in [-0.2, 0) is 14.3 Å². The predicted octanol–water partition coefficient (Wildman–Crippen LogP) is -1.08. The van der Waals surface area contributed by atoms with Gasteiger partial charge < -0.3 is 11.5 Å². The summed E-state index contributed by atoms with van der Waals surface area (Å²) in [5, 5.41) is 4.69. The van der Waals surface area contributed by atoms with Gasteiger partial charge >= 0.3 is 0 Å². The number of nitroso groups, excluding NO2 is 1. The molecule has 13 heavy (non-hydrogen) atoms. The average molecular weight is 212 g/mol. The normalized spacial score (nSPS) is 9.38. The first-order valence-corrected chi connectivity index (χ1v) is 4.90. The molecule has 0 unspecified atom stereocenters. The van der Waals surface area contributed by atoms with Crippen molar-refractivity contribution in [3.05, 3.63) is 4.91 Å². The first-order valence-electron chi connectivity index (χ1n) is 3.09. The Bertz CT molecular complexity index is 255. The Balaban J connectivity index is 0. The standard InChI is InChI=1S/C3H8O3S.CH4N4O/c1-3-6-7(2,4)5;2-1(3)4-5-6/h3H2,1-2H3;(H4,2,3,4,6). The fourth-order valence-corrected chi connectivity index (χ4v) is 0.689. The molecule has 0 radical (unpaired) electrons. The SMILES string of the molecule is CCOS(C)(=O)=O.NC(N)=NN=O. The monoisotopic (exact) mass is 212 g/mol. The van der Waals surface area contributed by atoms with Gasteiger partial charge in [0, 0.05) is 0 Å². The van der Waals surface area contributed by atoms with Gasteiger partial charge in [-0.1, -0.05) is 5.10 Å². The smallest absolute Gasteiger partial charge is 0.264 e. The fraction of sp³-hybridized carbons (Fsp3) is 0.750. The van der Waals surface area contributed by atoms with Crippen molar-refractivity contribution in [3.8, 4) is 0 Å². The first kappa shape index (κ1) is 14.3. The molecule has 0 rings (SSSR count). The lowest BCUT2D eigenvalue weighted by atomic mass is 10.9. The van der Waals surface area contributed by atoms with E-state index in [1.807, 2.05) is 5.29 Å². The van der Waals surface area contributed by atoms with Crippen molar-refractivity contribution < 1.29 is 12.6 Å². The van der Waals surface area contributed by atoms with Crippen LogP contribution < -0.4 is 11.5 Å². The summed E-state index contributed by atoms with van der Waals surface area (Å²) in [7, 11) is -3.17. The van der Waals surface area contributed by atoms with E-state index in [-0.39, 0.29) is 12.6 Å². The summed E-state index contributed by atoms with van der Waals surface area (Å²) in [6.45, 7) is 1.85. The van der Waals surface area contributed by atoms with E-state index in [0.29, 0.717) is 0 Å². The number of hydrogen-bond acceptors (Lipinski definition) is 5. The molecule has 78 valence electrons. The maximum atomic E-state index is 10.0. The average Bonchev–Trinajstić information content (AvgIpc) is 1.84. The Hall–Kier alpha value is -1.22. The van der Waals surface area contributed by atoms with E-state index in [1.54, 1.807) is 6.92 Å². The summed E-state index contributed by atoms with van der Waals surface area (Å²) in [6, 6.07) is 0. The van der Waals surface area contributed by atoms with E-state index in [1.165, 1.54) is 0 Å². The van der Waals surface area contributed by atoms with Gasteiger partial charge in [-0.2, -0.15) is 8.42 Å². The third-order valence-corrected chi connectivity index (χ3v) is 1.15. The molecule has 8 nitrogen and oxygen atoms in total. The van der Waals surface area contributed by atoms with Crippen LogP contribution in [0.2, 0.25) is 0 Å². The van der Waals surface area contributed by atoms with Gasteiger partial charge in [0.05, 0.1) is 18.1 Å². The van der Waals surface area contributed by atoms with Gasteiger partial charge in [-0.3, -0.25) is 4.18 Å². The highest BCUT2D eigenvalue weighted by atomic mass is 32.2. The molecule has 0 saturated carbocycles. The lowest BCUT2D eigenvalue weighted by molar-refractivity contribution is 0.342. The lowest BCUT2D eigenvalue weighted by Crippen LogP contribution is -2.21. The van der Waals surface area contributed by atoms with Crippen LogP contribution in [0.3, 0.4) is 0 Å². The van der Waals surface area contributed by atoms with Crippen molar-refractivity contribution >= 4 is 16.1 Å². The van der Waals surface area contributed by atoms with Gasteiger partial charge in [-0.15, -0.1) is 4.91 Å². The molecule has 0 amide bonds. The molecule has 0 aliphatic carbocycles. The van der Waals surface area contributed by atoms with Crippen molar-refractivity contribution in [2.45, 2.75) is 6.92 Å². The maximum Gasteiger partial charge on any atom is 0.264 e. The van der Waals surface area contributed by atoms with E-state index in [4.69, 9.17) is 4.91 Å². The van der Waals surface area contributed by atoms with E-state index < -0.39 is 10.1 Å². The third-order valence-electron chi connectivity index (χ3n) is 0.488. The minimum Gasteiger partial charge on any atom is -0.368 e. The van der Waals surface area contributed by atoms with Gasteiger partial charge in [-0.25, -0.2) is 0 Å². The van der Waals surface area contributed by atoms with E-state index >= 15 is 0 Å². The van der Waals surface area contributed by atoms with Crippen molar-refractivity contribution in [1.82, 2.24) is 0 Å². The van der Waals surface area contributed by atoms with Gasteiger partial charge in [0.15, 0.2) is 0 Å². The molecular weight excluding hydrogens is 200 g/mol. The Kier molecular flexibility index (Phi) is 8.18. The highest BCUT2D eigenvalue weighted by molar-refractivity contribution is 7.85. The van der Waals surface area contributed by atoms with E-state index in [2.05, 4.69) is 20.8 Å². The van der Waals surface area contributed by atoms with Crippen LogP contribution in [0.4, 0.5) is 0 Å². The first-order chi connectivity index (χ1) is 5.83. The number of nitrogens with zero attached hydrogens (tertiary/aromatic N) is 2. The Morgan fingerprint density at radius 3 is 1.92 bits per heavy atom. The number of rotatable bonds is 3. The molecule has 0 spiro atoms. The summed E-state index contributed by atoms with van der Waals surface area (Å²) in [4.78, 5) is 9.02. The van der Waals surface area contributed by atoms with Crippen LogP contribution >= 0.6 is 0 Å². The summed E-state index contributed by atoms with van der Waals surface area (Å²) >= 11 is 0. The van der Waals surface area contributed by atoms with E-state index in [9.17, 15) is 8.42 Å². The van der Waals surface area contributed by atoms with Crippen LogP contribution in [0, 0.1) is 4.91 Å². The molecule has 9 heteroatoms. The molecular formula is C4H12N4O4S. The van der Waals surface area contributed by atoms with Gasteiger partial charge in [-0.05, 0) is 6.92 Å². The summed E-state index contributed by atoms with van der Waals surface area (Å²) < 4.78 is 24.2. The maximum absolute atomic E-state index is 10.0. The molecule has 0 aromatic carbocycles. The second kappa shape index (κ2) is 7.43. The zero-order chi connectivity index (χ0) is 10.9. The van der Waals surface area contributed by atoms with Gasteiger partial charge in [0.2, 0.25) is 5.96 Å².